The highest BCUT2D eigenvalue weighted by Crippen LogP contribution is 2.28. The van der Waals surface area contributed by atoms with E-state index in [0.29, 0.717) is 24.1 Å². The number of carbonyl (C=O) groups is 1. The van der Waals surface area contributed by atoms with E-state index in [1.807, 2.05) is 24.3 Å². The van der Waals surface area contributed by atoms with Crippen LogP contribution in [-0.2, 0) is 4.79 Å². The number of rotatable bonds is 5. The Morgan fingerprint density at radius 3 is 2.27 bits per heavy atom. The molecule has 0 fully saturated rings. The third-order valence-electron chi connectivity index (χ3n) is 2.74. The molecule has 0 heterocycles. The van der Waals surface area contributed by atoms with E-state index in [9.17, 15) is 4.79 Å². The van der Waals surface area contributed by atoms with Gasteiger partial charge < -0.3 is 4.74 Å². The minimum atomic E-state index is 0.453. The van der Waals surface area contributed by atoms with Crippen LogP contribution in [0.3, 0.4) is 0 Å². The maximum Gasteiger partial charge on any atom is 0.298 e. The maximum atomic E-state index is 10.1. The maximum absolute atomic E-state index is 10.1. The summed E-state index contributed by atoms with van der Waals surface area (Å²) < 4.78 is 4.75. The molecule has 0 bridgehead atoms. The van der Waals surface area contributed by atoms with Crippen LogP contribution < -0.4 is 4.74 Å². The van der Waals surface area contributed by atoms with Crippen LogP contribution in [-0.4, -0.2) is 6.47 Å². The van der Waals surface area contributed by atoms with Gasteiger partial charge in [0.1, 0.15) is 5.75 Å². The molecule has 0 saturated heterocycles. The fourth-order valence-electron chi connectivity index (χ4n) is 1.94. The summed E-state index contributed by atoms with van der Waals surface area (Å²) in [5.41, 5.74) is 1.31. The van der Waals surface area contributed by atoms with Gasteiger partial charge in [-0.1, -0.05) is 32.9 Å². The number of hydrogen-bond donors (Lipinski definition) is 0. The van der Waals surface area contributed by atoms with Crippen LogP contribution in [0.2, 0.25) is 0 Å². The molecule has 0 N–H and O–H groups in total. The van der Waals surface area contributed by atoms with Crippen molar-refractivity contribution in [2.24, 2.45) is 5.92 Å². The molecule has 2 heteroatoms. The zero-order valence-electron chi connectivity index (χ0n) is 9.57. The minimum absolute atomic E-state index is 0.453. The van der Waals surface area contributed by atoms with Crippen molar-refractivity contribution in [2.75, 3.05) is 0 Å². The molecule has 0 aliphatic carbocycles. The second-order valence-electron chi connectivity index (χ2n) is 4.04. The van der Waals surface area contributed by atoms with Crippen molar-refractivity contribution in [2.45, 2.75) is 33.1 Å². The molecule has 2 nitrogen and oxygen atoms in total. The molecule has 1 unspecified atom stereocenters. The Kier molecular flexibility index (Phi) is 4.35. The van der Waals surface area contributed by atoms with Crippen molar-refractivity contribution < 1.29 is 9.53 Å². The zero-order chi connectivity index (χ0) is 11.3. The van der Waals surface area contributed by atoms with Gasteiger partial charge in [0.05, 0.1) is 0 Å². The number of benzene rings is 1. The van der Waals surface area contributed by atoms with Gasteiger partial charge in [-0.05, 0) is 36.0 Å². The first-order valence-electron chi connectivity index (χ1n) is 5.39. The van der Waals surface area contributed by atoms with E-state index in [1.165, 1.54) is 5.56 Å². The van der Waals surface area contributed by atoms with Gasteiger partial charge in [-0.3, -0.25) is 4.79 Å². The van der Waals surface area contributed by atoms with Crippen LogP contribution >= 0.6 is 0 Å². The van der Waals surface area contributed by atoms with E-state index in [4.69, 9.17) is 4.74 Å². The number of ether oxygens (including phenoxy) is 1. The third-order valence-corrected chi connectivity index (χ3v) is 2.74. The smallest absolute Gasteiger partial charge is 0.298 e. The lowest BCUT2D eigenvalue weighted by atomic mass is 9.86. The number of hydrogen-bond acceptors (Lipinski definition) is 2. The Hall–Kier alpha value is -1.31. The molecule has 0 aromatic heterocycles. The van der Waals surface area contributed by atoms with Gasteiger partial charge in [0.25, 0.3) is 6.47 Å². The van der Waals surface area contributed by atoms with Crippen LogP contribution in [0.5, 0.6) is 5.75 Å². The molecule has 0 radical (unpaired) electrons. The standard InChI is InChI=1S/C13H18O2/c1-4-13(10(2)3)11-5-7-12(8-6-11)15-9-14/h5-10,13H,4H2,1-3H3. The zero-order valence-corrected chi connectivity index (χ0v) is 9.57. The predicted molar refractivity (Wildman–Crippen MR) is 61.0 cm³/mol. The van der Waals surface area contributed by atoms with E-state index in [2.05, 4.69) is 20.8 Å². The van der Waals surface area contributed by atoms with Crippen molar-refractivity contribution >= 4 is 6.47 Å². The van der Waals surface area contributed by atoms with Crippen molar-refractivity contribution in [1.29, 1.82) is 0 Å². The summed E-state index contributed by atoms with van der Waals surface area (Å²) in [5.74, 6) is 1.82. The molecular formula is C13H18O2. The fourth-order valence-corrected chi connectivity index (χ4v) is 1.94. The lowest BCUT2D eigenvalue weighted by Crippen LogP contribution is -2.05. The highest BCUT2D eigenvalue weighted by molar-refractivity contribution is 5.45. The van der Waals surface area contributed by atoms with Gasteiger partial charge in [0, 0.05) is 0 Å². The van der Waals surface area contributed by atoms with E-state index in [1.54, 1.807) is 0 Å². The van der Waals surface area contributed by atoms with Crippen molar-refractivity contribution in [3.05, 3.63) is 29.8 Å². The summed E-state index contributed by atoms with van der Waals surface area (Å²) >= 11 is 0. The molecule has 1 rings (SSSR count). The Labute approximate surface area is 91.3 Å². The summed E-state index contributed by atoms with van der Waals surface area (Å²) in [5, 5.41) is 0. The summed E-state index contributed by atoms with van der Waals surface area (Å²) in [7, 11) is 0. The second-order valence-corrected chi connectivity index (χ2v) is 4.04. The Bertz CT molecular complexity index is 301. The van der Waals surface area contributed by atoms with Crippen LogP contribution in [0.15, 0.2) is 24.3 Å². The molecule has 1 aromatic rings. The third kappa shape index (κ3) is 3.08. The van der Waals surface area contributed by atoms with E-state index >= 15 is 0 Å². The minimum Gasteiger partial charge on any atom is -0.429 e. The average molecular weight is 206 g/mol. The lowest BCUT2D eigenvalue weighted by molar-refractivity contribution is -0.120. The Morgan fingerprint density at radius 2 is 1.87 bits per heavy atom. The SMILES string of the molecule is CCC(c1ccc(OC=O)cc1)C(C)C. The lowest BCUT2D eigenvalue weighted by Gasteiger charge is -2.19. The molecule has 0 aliphatic rings. The summed E-state index contributed by atoms with van der Waals surface area (Å²) in [4.78, 5) is 10.1. The van der Waals surface area contributed by atoms with Crippen LogP contribution in [0.4, 0.5) is 0 Å². The first kappa shape index (κ1) is 11.8. The van der Waals surface area contributed by atoms with Crippen LogP contribution in [0, 0.1) is 5.92 Å². The average Bonchev–Trinajstić information content (AvgIpc) is 2.21. The topological polar surface area (TPSA) is 26.3 Å². The quantitative estimate of drug-likeness (QED) is 0.690. The monoisotopic (exact) mass is 206 g/mol. The number of carbonyl (C=O) groups excluding carboxylic acids is 1. The van der Waals surface area contributed by atoms with Crippen molar-refractivity contribution in [3.8, 4) is 5.75 Å². The van der Waals surface area contributed by atoms with Gasteiger partial charge in [0.15, 0.2) is 0 Å². The molecular weight excluding hydrogens is 188 g/mol. The predicted octanol–water partition coefficient (Wildman–Crippen LogP) is 3.37. The molecule has 0 aliphatic heterocycles. The normalized spacial score (nSPS) is 12.5. The van der Waals surface area contributed by atoms with E-state index in [-0.39, 0.29) is 0 Å². The van der Waals surface area contributed by atoms with E-state index < -0.39 is 0 Å². The van der Waals surface area contributed by atoms with Crippen molar-refractivity contribution in [3.63, 3.8) is 0 Å². The Morgan fingerprint density at radius 1 is 1.27 bits per heavy atom. The molecule has 1 aromatic carbocycles. The van der Waals surface area contributed by atoms with Gasteiger partial charge in [-0.15, -0.1) is 0 Å². The second kappa shape index (κ2) is 5.54. The Balaban J connectivity index is 2.81. The van der Waals surface area contributed by atoms with Crippen molar-refractivity contribution in [1.82, 2.24) is 0 Å². The molecule has 0 amide bonds. The van der Waals surface area contributed by atoms with Gasteiger partial charge >= 0.3 is 0 Å². The first-order chi connectivity index (χ1) is 7.19. The van der Waals surface area contributed by atoms with E-state index in [0.717, 1.165) is 6.42 Å². The summed E-state index contributed by atoms with van der Waals surface area (Å²) in [6.45, 7) is 7.10. The van der Waals surface area contributed by atoms with Gasteiger partial charge in [-0.25, -0.2) is 0 Å². The summed E-state index contributed by atoms with van der Waals surface area (Å²) in [6.07, 6.45) is 1.13. The molecule has 0 saturated carbocycles. The largest absolute Gasteiger partial charge is 0.429 e. The highest BCUT2D eigenvalue weighted by Gasteiger charge is 2.13. The van der Waals surface area contributed by atoms with Crippen LogP contribution in [0.25, 0.3) is 0 Å². The first-order valence-corrected chi connectivity index (χ1v) is 5.39. The highest BCUT2D eigenvalue weighted by atomic mass is 16.5. The fraction of sp³-hybridized carbons (Fsp3) is 0.462. The molecule has 82 valence electrons. The molecule has 1 atom stereocenters. The van der Waals surface area contributed by atoms with Gasteiger partial charge in [-0.2, -0.15) is 0 Å². The summed E-state index contributed by atoms with van der Waals surface area (Å²) in [6, 6.07) is 7.75. The van der Waals surface area contributed by atoms with Crippen LogP contribution in [0.1, 0.15) is 38.7 Å². The molecule has 0 spiro atoms. The molecule has 15 heavy (non-hydrogen) atoms. The van der Waals surface area contributed by atoms with Gasteiger partial charge in [0.2, 0.25) is 0 Å².